The molecule has 0 heterocycles. The average molecular weight is 316 g/mol. The molecule has 2 aromatic rings. The van der Waals surface area contributed by atoms with E-state index in [2.05, 4.69) is 5.32 Å². The molecule has 2 atom stereocenters. The largest absolute Gasteiger partial charge is 0.481 e. The number of halogens is 1. The van der Waals surface area contributed by atoms with E-state index in [-0.39, 0.29) is 5.75 Å². The first kappa shape index (κ1) is 16.5. The number of carbonyl (C=O) groups excluding carboxylic acids is 2. The maximum atomic E-state index is 13.1. The van der Waals surface area contributed by atoms with Crippen LogP contribution in [-0.4, -0.2) is 17.9 Å². The summed E-state index contributed by atoms with van der Waals surface area (Å²) < 4.78 is 18.5. The predicted octanol–water partition coefficient (Wildman–Crippen LogP) is 1.94. The van der Waals surface area contributed by atoms with Gasteiger partial charge in [0.15, 0.2) is 6.10 Å². The molecule has 2 rings (SSSR count). The van der Waals surface area contributed by atoms with E-state index >= 15 is 0 Å². The number of amides is 2. The minimum Gasteiger partial charge on any atom is -0.481 e. The summed E-state index contributed by atoms with van der Waals surface area (Å²) >= 11 is 0. The molecule has 23 heavy (non-hydrogen) atoms. The molecule has 0 bridgehead atoms. The van der Waals surface area contributed by atoms with Crippen molar-refractivity contribution in [2.75, 3.05) is 0 Å². The van der Waals surface area contributed by atoms with Crippen molar-refractivity contribution in [3.63, 3.8) is 0 Å². The van der Waals surface area contributed by atoms with E-state index < -0.39 is 29.8 Å². The van der Waals surface area contributed by atoms with Gasteiger partial charge in [-0.1, -0.05) is 36.4 Å². The maximum Gasteiger partial charge on any atom is 0.261 e. The highest BCUT2D eigenvalue weighted by molar-refractivity contribution is 5.89. The van der Waals surface area contributed by atoms with Crippen molar-refractivity contribution in [3.8, 4) is 5.75 Å². The van der Waals surface area contributed by atoms with E-state index in [4.69, 9.17) is 10.5 Å². The first-order valence-corrected chi connectivity index (χ1v) is 7.04. The minimum absolute atomic E-state index is 0.225. The smallest absolute Gasteiger partial charge is 0.261 e. The lowest BCUT2D eigenvalue weighted by Crippen LogP contribution is -2.43. The zero-order chi connectivity index (χ0) is 16.8. The van der Waals surface area contributed by atoms with Crippen LogP contribution in [0.2, 0.25) is 0 Å². The zero-order valence-electron chi connectivity index (χ0n) is 12.5. The Balaban J connectivity index is 2.05. The summed E-state index contributed by atoms with van der Waals surface area (Å²) in [5, 5.41) is 2.54. The van der Waals surface area contributed by atoms with Crippen LogP contribution in [0.5, 0.6) is 5.75 Å². The first-order chi connectivity index (χ1) is 11.0. The minimum atomic E-state index is -0.956. The highest BCUT2D eigenvalue weighted by Crippen LogP contribution is 2.15. The second-order valence-corrected chi connectivity index (χ2v) is 4.97. The summed E-state index contributed by atoms with van der Waals surface area (Å²) in [5.74, 6) is -1.44. The number of benzene rings is 2. The third kappa shape index (κ3) is 4.54. The molecule has 0 saturated heterocycles. The first-order valence-electron chi connectivity index (χ1n) is 7.04. The third-order valence-electron chi connectivity index (χ3n) is 3.18. The van der Waals surface area contributed by atoms with E-state index in [1.54, 1.807) is 30.3 Å². The van der Waals surface area contributed by atoms with Crippen LogP contribution in [0, 0.1) is 5.82 Å². The summed E-state index contributed by atoms with van der Waals surface area (Å²) in [4.78, 5) is 23.8. The van der Waals surface area contributed by atoms with Gasteiger partial charge in [0, 0.05) is 6.07 Å². The highest BCUT2D eigenvalue weighted by atomic mass is 19.1. The number of rotatable bonds is 6. The summed E-state index contributed by atoms with van der Waals surface area (Å²) in [6.07, 6.45) is -0.914. The zero-order valence-corrected chi connectivity index (χ0v) is 12.5. The van der Waals surface area contributed by atoms with Crippen molar-refractivity contribution in [2.24, 2.45) is 5.73 Å². The van der Waals surface area contributed by atoms with Crippen LogP contribution in [0.15, 0.2) is 54.6 Å². The summed E-state index contributed by atoms with van der Waals surface area (Å²) in [7, 11) is 0. The van der Waals surface area contributed by atoms with Gasteiger partial charge in [-0.25, -0.2) is 4.39 Å². The van der Waals surface area contributed by atoms with Crippen LogP contribution in [0.3, 0.4) is 0 Å². The topological polar surface area (TPSA) is 81.4 Å². The Morgan fingerprint density at radius 3 is 2.43 bits per heavy atom. The van der Waals surface area contributed by atoms with E-state index in [9.17, 15) is 14.0 Å². The number of nitrogens with one attached hydrogen (secondary N) is 1. The molecule has 5 nitrogen and oxygen atoms in total. The molecule has 2 aromatic carbocycles. The van der Waals surface area contributed by atoms with E-state index in [1.165, 1.54) is 31.2 Å². The van der Waals surface area contributed by atoms with Gasteiger partial charge in [-0.05, 0) is 24.6 Å². The van der Waals surface area contributed by atoms with Crippen molar-refractivity contribution in [1.82, 2.24) is 5.32 Å². The van der Waals surface area contributed by atoms with E-state index in [1.807, 2.05) is 0 Å². The van der Waals surface area contributed by atoms with Crippen molar-refractivity contribution < 1.29 is 18.7 Å². The molecule has 3 N–H and O–H groups in total. The SMILES string of the molecule is CC(Oc1cccc(F)c1)C(=O)NC(C(N)=O)c1ccccc1. The van der Waals surface area contributed by atoms with Gasteiger partial charge in [0.2, 0.25) is 5.91 Å². The lowest BCUT2D eigenvalue weighted by Gasteiger charge is -2.19. The molecule has 0 aliphatic carbocycles. The van der Waals surface area contributed by atoms with Gasteiger partial charge in [0.05, 0.1) is 0 Å². The average Bonchev–Trinajstić information content (AvgIpc) is 2.52. The Kier molecular flexibility index (Phi) is 5.30. The predicted molar refractivity (Wildman–Crippen MR) is 83.0 cm³/mol. The van der Waals surface area contributed by atoms with Gasteiger partial charge in [0.25, 0.3) is 5.91 Å². The molecule has 0 spiro atoms. The Hall–Kier alpha value is -2.89. The fourth-order valence-corrected chi connectivity index (χ4v) is 2.02. The fourth-order valence-electron chi connectivity index (χ4n) is 2.02. The molecule has 120 valence electrons. The molecule has 0 fully saturated rings. The van der Waals surface area contributed by atoms with Crippen LogP contribution in [0.4, 0.5) is 4.39 Å². The molecule has 6 heteroatoms. The quantitative estimate of drug-likeness (QED) is 0.854. The standard InChI is InChI=1S/C17H17FN2O3/c1-11(23-14-9-5-8-13(18)10-14)17(22)20-15(16(19)21)12-6-3-2-4-7-12/h2-11,15H,1H3,(H2,19,21)(H,20,22). The molecule has 0 aliphatic rings. The number of hydrogen-bond acceptors (Lipinski definition) is 3. The monoisotopic (exact) mass is 316 g/mol. The Bertz CT molecular complexity index is 691. The van der Waals surface area contributed by atoms with E-state index in [0.29, 0.717) is 5.56 Å². The van der Waals surface area contributed by atoms with Crippen LogP contribution < -0.4 is 15.8 Å². The number of carbonyl (C=O) groups is 2. The van der Waals surface area contributed by atoms with Crippen molar-refractivity contribution in [2.45, 2.75) is 19.1 Å². The fraction of sp³-hybridized carbons (Fsp3) is 0.176. The van der Waals surface area contributed by atoms with Crippen molar-refractivity contribution in [3.05, 3.63) is 66.0 Å². The Morgan fingerprint density at radius 1 is 1.13 bits per heavy atom. The van der Waals surface area contributed by atoms with Crippen molar-refractivity contribution >= 4 is 11.8 Å². The third-order valence-corrected chi connectivity index (χ3v) is 3.18. The van der Waals surface area contributed by atoms with Gasteiger partial charge in [-0.3, -0.25) is 9.59 Å². The number of hydrogen-bond donors (Lipinski definition) is 2. The molecule has 0 radical (unpaired) electrons. The normalized spacial score (nSPS) is 13.0. The molecule has 2 amide bonds. The molecule has 0 aliphatic heterocycles. The summed E-state index contributed by atoms with van der Waals surface area (Å²) in [6.45, 7) is 1.50. The maximum absolute atomic E-state index is 13.1. The van der Waals surface area contributed by atoms with Crippen molar-refractivity contribution in [1.29, 1.82) is 0 Å². The van der Waals surface area contributed by atoms with Crippen LogP contribution in [0.25, 0.3) is 0 Å². The molecule has 2 unspecified atom stereocenters. The number of primary amides is 1. The molecule has 0 saturated carbocycles. The highest BCUT2D eigenvalue weighted by Gasteiger charge is 2.24. The second-order valence-electron chi connectivity index (χ2n) is 4.97. The second kappa shape index (κ2) is 7.40. The Morgan fingerprint density at radius 2 is 1.83 bits per heavy atom. The van der Waals surface area contributed by atoms with E-state index in [0.717, 1.165) is 0 Å². The molecule has 0 aromatic heterocycles. The van der Waals surface area contributed by atoms with Gasteiger partial charge < -0.3 is 15.8 Å². The molecular formula is C17H17FN2O3. The van der Waals surface area contributed by atoms with Gasteiger partial charge in [-0.15, -0.1) is 0 Å². The van der Waals surface area contributed by atoms with Gasteiger partial charge in [-0.2, -0.15) is 0 Å². The summed E-state index contributed by atoms with van der Waals surface area (Å²) in [5.41, 5.74) is 5.92. The number of nitrogens with two attached hydrogens (primary N) is 1. The number of ether oxygens (including phenoxy) is 1. The molecular weight excluding hydrogens is 299 g/mol. The van der Waals surface area contributed by atoms with Gasteiger partial charge >= 0.3 is 0 Å². The lowest BCUT2D eigenvalue weighted by atomic mass is 10.1. The van der Waals surface area contributed by atoms with Crippen LogP contribution in [-0.2, 0) is 9.59 Å². The summed E-state index contributed by atoms with van der Waals surface area (Å²) in [6, 6.07) is 13.2. The van der Waals surface area contributed by atoms with Crippen LogP contribution >= 0.6 is 0 Å². The Labute approximate surface area is 133 Å². The lowest BCUT2D eigenvalue weighted by molar-refractivity contribution is -0.131. The van der Waals surface area contributed by atoms with Crippen LogP contribution in [0.1, 0.15) is 18.5 Å². The van der Waals surface area contributed by atoms with Gasteiger partial charge in [0.1, 0.15) is 17.6 Å².